The summed E-state index contributed by atoms with van der Waals surface area (Å²) in [5.74, 6) is -3.60. The molecule has 0 saturated carbocycles. The summed E-state index contributed by atoms with van der Waals surface area (Å²) < 4.78 is 52.8. The molecule has 0 unspecified atom stereocenters. The van der Waals surface area contributed by atoms with E-state index in [0.29, 0.717) is 25.9 Å². The molecule has 0 aliphatic carbocycles. The third-order valence-electron chi connectivity index (χ3n) is 16.7. The number of benzene rings is 2. The molecule has 434 valence electrons. The molecule has 3 saturated heterocycles. The van der Waals surface area contributed by atoms with Gasteiger partial charge in [-0.2, -0.15) is 0 Å². The molecule has 6 N–H and O–H groups in total. The number of nitrogens with one attached hydrogen (secondary N) is 1. The van der Waals surface area contributed by atoms with Crippen molar-refractivity contribution >= 4 is 41.1 Å². The molecule has 1 amide bonds. The van der Waals surface area contributed by atoms with E-state index in [9.17, 15) is 39.5 Å². The van der Waals surface area contributed by atoms with E-state index in [1.807, 2.05) is 55.9 Å². The van der Waals surface area contributed by atoms with Gasteiger partial charge < -0.3 is 64.2 Å². The summed E-state index contributed by atoms with van der Waals surface area (Å²) in [6.45, 7) is 18.4. The van der Waals surface area contributed by atoms with Crippen LogP contribution in [0.15, 0.2) is 64.4 Å². The average Bonchev–Trinajstić information content (AvgIpc) is 3.79. The van der Waals surface area contributed by atoms with Gasteiger partial charge in [0, 0.05) is 87.9 Å². The van der Waals surface area contributed by atoms with Gasteiger partial charge in [-0.05, 0) is 136 Å². The normalized spacial score (nSPS) is 37.4. The van der Waals surface area contributed by atoms with Crippen LogP contribution in [-0.4, -0.2) is 178 Å². The molecule has 7 rings (SSSR count). The predicted molar refractivity (Wildman–Crippen MR) is 299 cm³/mol. The maximum absolute atomic E-state index is 14.7. The van der Waals surface area contributed by atoms with Crippen LogP contribution in [0.1, 0.15) is 106 Å². The molecule has 2 aromatic carbocycles. The summed E-state index contributed by atoms with van der Waals surface area (Å²) >= 11 is 3.10. The molecule has 5 heterocycles. The van der Waals surface area contributed by atoms with Gasteiger partial charge in [0.25, 0.3) is 0 Å². The number of likely N-dealkylation sites (N-methyl/N-ethyl adjacent to an activating group) is 1. The number of hydrogen-bond donors (Lipinski definition) is 6. The van der Waals surface area contributed by atoms with Gasteiger partial charge >= 0.3 is 5.97 Å². The molecule has 0 spiro atoms. The van der Waals surface area contributed by atoms with Gasteiger partial charge in [-0.3, -0.25) is 14.5 Å². The number of ether oxygens (including phenoxy) is 6. The Bertz CT molecular complexity index is 2550. The lowest BCUT2D eigenvalue weighted by Gasteiger charge is -2.48. The molecule has 3 aromatic rings. The minimum Gasteiger partial charge on any atom is -0.459 e. The quantitative estimate of drug-likeness (QED) is 0.0435. The van der Waals surface area contributed by atoms with Crippen molar-refractivity contribution < 1.29 is 67.9 Å². The average molecular weight is 1130 g/mol. The molecule has 1 aromatic heterocycles. The van der Waals surface area contributed by atoms with Crippen molar-refractivity contribution in [2.24, 2.45) is 17.8 Å². The largest absolute Gasteiger partial charge is 0.459 e. The van der Waals surface area contributed by atoms with Crippen LogP contribution < -0.4 is 5.32 Å². The van der Waals surface area contributed by atoms with E-state index < -0.39 is 96.0 Å². The zero-order chi connectivity index (χ0) is 57.2. The number of carbonyl (C=O) groups excluding carboxylic acids is 2. The van der Waals surface area contributed by atoms with Gasteiger partial charge in [0.2, 0.25) is 5.91 Å². The molecular weight excluding hydrogens is 1040 g/mol. The molecule has 4 aliphatic heterocycles. The van der Waals surface area contributed by atoms with E-state index in [1.165, 1.54) is 37.5 Å². The van der Waals surface area contributed by atoms with Crippen molar-refractivity contribution in [2.45, 2.75) is 201 Å². The van der Waals surface area contributed by atoms with E-state index in [-0.39, 0.29) is 55.6 Å². The van der Waals surface area contributed by atoms with E-state index >= 15 is 0 Å². The van der Waals surface area contributed by atoms with Crippen molar-refractivity contribution in [3.05, 3.63) is 65.3 Å². The summed E-state index contributed by atoms with van der Waals surface area (Å²) in [7, 11) is 5.24. The Hall–Kier alpha value is -3.38. The molecular formula is C59H86FN3O13S2. The van der Waals surface area contributed by atoms with Crippen LogP contribution in [-0.2, 0) is 38.0 Å². The minimum atomic E-state index is -1.95. The van der Waals surface area contributed by atoms with Crippen LogP contribution in [0.4, 0.5) is 4.39 Å². The Kier molecular flexibility index (Phi) is 20.6. The number of fused-ring (bicyclic) bond motifs is 5. The van der Waals surface area contributed by atoms with Gasteiger partial charge in [-0.25, -0.2) is 4.39 Å². The van der Waals surface area contributed by atoms with Crippen molar-refractivity contribution in [2.75, 3.05) is 40.8 Å². The highest BCUT2D eigenvalue weighted by Crippen LogP contribution is 2.51. The highest BCUT2D eigenvalue weighted by atomic mass is 32.2. The summed E-state index contributed by atoms with van der Waals surface area (Å²) in [6, 6.07) is 13.9. The van der Waals surface area contributed by atoms with Crippen LogP contribution >= 0.6 is 23.1 Å². The Morgan fingerprint density at radius 1 is 0.936 bits per heavy atom. The third-order valence-corrected chi connectivity index (χ3v) is 19.0. The second kappa shape index (κ2) is 25.8. The Balaban J connectivity index is 1.14. The second-order valence-electron chi connectivity index (χ2n) is 23.3. The third kappa shape index (κ3) is 13.9. The Morgan fingerprint density at radius 2 is 1.64 bits per heavy atom. The number of carbonyl (C=O) groups is 2. The number of esters is 1. The van der Waals surface area contributed by atoms with E-state index in [1.54, 1.807) is 78.4 Å². The van der Waals surface area contributed by atoms with Crippen LogP contribution in [0.5, 0.6) is 0 Å². The smallest absolute Gasteiger partial charge is 0.311 e. The number of amides is 1. The number of hydrogen-bond acceptors (Lipinski definition) is 17. The van der Waals surface area contributed by atoms with Crippen LogP contribution in [0, 0.1) is 23.6 Å². The van der Waals surface area contributed by atoms with Gasteiger partial charge in [0.05, 0.1) is 41.5 Å². The van der Waals surface area contributed by atoms with Crippen molar-refractivity contribution in [1.82, 2.24) is 15.1 Å². The first-order valence-electron chi connectivity index (χ1n) is 27.6. The summed E-state index contributed by atoms with van der Waals surface area (Å²) in [4.78, 5) is 35.8. The first kappa shape index (κ1) is 62.2. The molecule has 18 atom stereocenters. The number of nitrogens with zero attached hydrogens (tertiary/aromatic N) is 2. The van der Waals surface area contributed by atoms with E-state index in [4.69, 9.17) is 28.4 Å². The number of cyclic esters (lactones) is 1. The monoisotopic (exact) mass is 1130 g/mol. The fraction of sp³-hybridized carbons (Fsp3) is 0.661. The van der Waals surface area contributed by atoms with E-state index in [0.717, 1.165) is 36.2 Å². The number of rotatable bonds is 13. The lowest BCUT2D eigenvalue weighted by atomic mass is 9.77. The lowest BCUT2D eigenvalue weighted by molar-refractivity contribution is -0.318. The molecule has 0 bridgehead atoms. The fourth-order valence-electron chi connectivity index (χ4n) is 12.2. The summed E-state index contributed by atoms with van der Waals surface area (Å²) in [5.41, 5.74) is -1.89. The zero-order valence-electron chi connectivity index (χ0n) is 47.7. The topological polar surface area (TPSA) is 209 Å². The van der Waals surface area contributed by atoms with Crippen LogP contribution in [0.2, 0.25) is 0 Å². The molecule has 4 aliphatic rings. The Labute approximate surface area is 468 Å². The minimum absolute atomic E-state index is 0.0872. The second-order valence-corrected chi connectivity index (χ2v) is 25.5. The number of halogens is 1. The fourth-order valence-corrected chi connectivity index (χ4v) is 14.4. The maximum Gasteiger partial charge on any atom is 0.311 e. The number of aliphatic hydroxyl groups excluding tert-OH is 3. The molecule has 3 fully saturated rings. The molecule has 16 nitrogen and oxygen atoms in total. The number of aliphatic hydroxyl groups is 5. The van der Waals surface area contributed by atoms with Gasteiger partial charge in [-0.1, -0.05) is 50.7 Å². The first-order chi connectivity index (χ1) is 36.7. The summed E-state index contributed by atoms with van der Waals surface area (Å²) in [6.07, 6.45) is -5.61. The number of thiophene rings is 1. The Morgan fingerprint density at radius 3 is 2.33 bits per heavy atom. The van der Waals surface area contributed by atoms with E-state index in [2.05, 4.69) is 17.4 Å². The highest BCUT2D eigenvalue weighted by molar-refractivity contribution is 7.99. The van der Waals surface area contributed by atoms with Crippen molar-refractivity contribution in [3.63, 3.8) is 0 Å². The highest BCUT2D eigenvalue weighted by Gasteiger charge is 2.53. The molecule has 78 heavy (non-hydrogen) atoms. The zero-order valence-corrected chi connectivity index (χ0v) is 49.3. The SMILES string of the molecule is CC[C@H]1OC(=O)[C@H](C)[C@@H](O[C@@H]2C[C@@](C)(OC)[C@@H](O)[C@@H](C)O2)[C@H](C)[C@@H](O[C@@H]2O[C@H](C)C[C@H](N(C)C)[C@H]2O)[C@](C)(O)C[C@@H](C)CN(CCCNC(=O)/C=C/c2cc3c(s2)-c2cc(F)ccc2Sc2ccccc2-3)[C@H](C)[C@@H](O)[C@]1(C)O. The standard InChI is InChI=1S/C59H86FN3O13S2/c1-14-46-59(10,70)52(66)36(6)63(25-17-24-61-47(64)23-21-39-28-41-40-18-15-16-19-44(40)78-45-22-20-38(60)27-42(45)51(41)77-39)31-32(2)29-57(8,69)54(76-56-49(65)43(62(11)12)26-33(3)72-56)34(4)50(35(5)55(68)74-46)75-48-30-58(9,71-13)53(67)37(7)73-48/h15-16,18-23,27-28,32-37,43,46,48-50,52-54,56,65-67,69-70H,14,17,24-26,29-31H2,1-13H3,(H,61,64)/b23-21+/t32-,33-,34+,35-,36-,37-,43+,46-,48-,49-,50+,52-,53+,54-,56+,57-,58-,59-/m1/s1. The molecule has 0 radical (unpaired) electrons. The summed E-state index contributed by atoms with van der Waals surface area (Å²) in [5, 5.41) is 63.4. The van der Waals surface area contributed by atoms with Crippen molar-refractivity contribution in [1.29, 1.82) is 0 Å². The lowest BCUT2D eigenvalue weighted by Crippen LogP contribution is -2.60. The van der Waals surface area contributed by atoms with Crippen molar-refractivity contribution in [3.8, 4) is 21.6 Å². The molecule has 19 heteroatoms. The van der Waals surface area contributed by atoms with Crippen LogP contribution in [0.3, 0.4) is 0 Å². The first-order valence-corrected chi connectivity index (χ1v) is 29.3. The van der Waals surface area contributed by atoms with Gasteiger partial charge in [0.15, 0.2) is 12.6 Å². The van der Waals surface area contributed by atoms with Gasteiger partial charge in [-0.15, -0.1) is 11.3 Å². The van der Waals surface area contributed by atoms with Gasteiger partial charge in [0.1, 0.15) is 35.8 Å². The van der Waals surface area contributed by atoms with Crippen LogP contribution in [0.25, 0.3) is 27.6 Å². The maximum atomic E-state index is 14.7. The predicted octanol–water partition coefficient (Wildman–Crippen LogP) is 7.49. The number of methoxy groups -OCH3 is 1.